The van der Waals surface area contributed by atoms with Crippen molar-refractivity contribution in [1.29, 1.82) is 0 Å². The zero-order valence-electron chi connectivity index (χ0n) is 10.6. The van der Waals surface area contributed by atoms with Crippen molar-refractivity contribution in [3.05, 3.63) is 29.8 Å². The Morgan fingerprint density at radius 2 is 1.81 bits per heavy atom. The van der Waals surface area contributed by atoms with E-state index in [0.29, 0.717) is 5.92 Å². The molecule has 0 radical (unpaired) electrons. The summed E-state index contributed by atoms with van der Waals surface area (Å²) in [6.07, 6.45) is 2.27. The maximum Gasteiger partial charge on any atom is 0.119 e. The lowest BCUT2D eigenvalue weighted by Gasteiger charge is -2.08. The van der Waals surface area contributed by atoms with Gasteiger partial charge in [-0.05, 0) is 50.0 Å². The molecular weight excluding hydrogens is 198 g/mol. The fourth-order valence-corrected chi connectivity index (χ4v) is 1.54. The van der Waals surface area contributed by atoms with E-state index in [-0.39, 0.29) is 0 Å². The summed E-state index contributed by atoms with van der Waals surface area (Å²) in [4.78, 5) is 0. The van der Waals surface area contributed by atoms with E-state index in [9.17, 15) is 0 Å². The maximum absolute atomic E-state index is 5.66. The third-order valence-corrected chi connectivity index (χ3v) is 2.64. The van der Waals surface area contributed by atoms with Crippen LogP contribution in [0.25, 0.3) is 0 Å². The summed E-state index contributed by atoms with van der Waals surface area (Å²) >= 11 is 0. The molecule has 0 saturated heterocycles. The van der Waals surface area contributed by atoms with Crippen LogP contribution in [-0.2, 0) is 0 Å². The molecule has 0 heterocycles. The molecule has 90 valence electrons. The van der Waals surface area contributed by atoms with E-state index in [2.05, 4.69) is 43.4 Å². The van der Waals surface area contributed by atoms with Crippen LogP contribution in [0.5, 0.6) is 5.75 Å². The number of unbranched alkanes of at least 4 members (excludes halogenated alkanes) is 1. The predicted octanol–water partition coefficient (Wildman–Crippen LogP) is 3.19. The van der Waals surface area contributed by atoms with Gasteiger partial charge < -0.3 is 10.1 Å². The standard InChI is InChI=1S/C14H23NO/c1-12(2)13-6-8-14(9-7-13)16-11-5-4-10-15-3/h6-9,12,15H,4-5,10-11H2,1-3H3. The van der Waals surface area contributed by atoms with Gasteiger partial charge in [-0.2, -0.15) is 0 Å². The van der Waals surface area contributed by atoms with E-state index in [1.54, 1.807) is 0 Å². The van der Waals surface area contributed by atoms with Gasteiger partial charge >= 0.3 is 0 Å². The molecule has 0 fully saturated rings. The highest BCUT2D eigenvalue weighted by atomic mass is 16.5. The van der Waals surface area contributed by atoms with Crippen LogP contribution in [-0.4, -0.2) is 20.2 Å². The first-order chi connectivity index (χ1) is 7.74. The van der Waals surface area contributed by atoms with Gasteiger partial charge in [-0.25, -0.2) is 0 Å². The molecule has 16 heavy (non-hydrogen) atoms. The highest BCUT2D eigenvalue weighted by Gasteiger charge is 1.99. The number of hydrogen-bond donors (Lipinski definition) is 1. The van der Waals surface area contributed by atoms with Gasteiger partial charge in [-0.3, -0.25) is 0 Å². The average molecular weight is 221 g/mol. The van der Waals surface area contributed by atoms with Crippen LogP contribution in [0.4, 0.5) is 0 Å². The normalized spacial score (nSPS) is 10.8. The Labute approximate surface area is 99.0 Å². The van der Waals surface area contributed by atoms with Gasteiger partial charge in [0, 0.05) is 0 Å². The third-order valence-electron chi connectivity index (χ3n) is 2.64. The molecule has 0 saturated carbocycles. The van der Waals surface area contributed by atoms with Crippen LogP contribution >= 0.6 is 0 Å². The number of benzene rings is 1. The van der Waals surface area contributed by atoms with Crippen molar-refractivity contribution >= 4 is 0 Å². The second-order valence-electron chi connectivity index (χ2n) is 4.38. The van der Waals surface area contributed by atoms with Crippen molar-refractivity contribution < 1.29 is 4.74 Å². The molecule has 0 aromatic heterocycles. The van der Waals surface area contributed by atoms with Crippen LogP contribution in [0.15, 0.2) is 24.3 Å². The van der Waals surface area contributed by atoms with Crippen LogP contribution < -0.4 is 10.1 Å². The summed E-state index contributed by atoms with van der Waals surface area (Å²) in [5, 5.41) is 3.13. The smallest absolute Gasteiger partial charge is 0.119 e. The Balaban J connectivity index is 2.27. The molecule has 2 heteroatoms. The maximum atomic E-state index is 5.66. The van der Waals surface area contributed by atoms with Gasteiger partial charge in [0.15, 0.2) is 0 Å². The van der Waals surface area contributed by atoms with Gasteiger partial charge in [0.1, 0.15) is 5.75 Å². The molecule has 1 aromatic rings. The Morgan fingerprint density at radius 1 is 1.12 bits per heavy atom. The minimum absolute atomic E-state index is 0.588. The molecule has 0 bridgehead atoms. The molecule has 0 aliphatic rings. The van der Waals surface area contributed by atoms with Crippen LogP contribution in [0, 0.1) is 0 Å². The Bertz CT molecular complexity index is 279. The summed E-state index contributed by atoms with van der Waals surface area (Å²) in [7, 11) is 1.98. The first-order valence-corrected chi connectivity index (χ1v) is 6.11. The predicted molar refractivity (Wildman–Crippen MR) is 69.2 cm³/mol. The van der Waals surface area contributed by atoms with Crippen LogP contribution in [0.1, 0.15) is 38.2 Å². The average Bonchev–Trinajstić information content (AvgIpc) is 2.29. The van der Waals surface area contributed by atoms with Crippen molar-refractivity contribution in [3.8, 4) is 5.75 Å². The molecule has 0 atom stereocenters. The molecule has 1 rings (SSSR count). The first kappa shape index (κ1) is 13.0. The molecule has 1 aromatic carbocycles. The molecular formula is C14H23NO. The number of ether oxygens (including phenoxy) is 1. The number of rotatable bonds is 7. The van der Waals surface area contributed by atoms with Crippen LogP contribution in [0.3, 0.4) is 0 Å². The monoisotopic (exact) mass is 221 g/mol. The molecule has 0 spiro atoms. The SMILES string of the molecule is CNCCCCOc1ccc(C(C)C)cc1. The lowest BCUT2D eigenvalue weighted by atomic mass is 10.0. The summed E-state index contributed by atoms with van der Waals surface area (Å²) in [6.45, 7) is 6.28. The second-order valence-corrected chi connectivity index (χ2v) is 4.38. The van der Waals surface area contributed by atoms with Gasteiger partial charge in [0.2, 0.25) is 0 Å². The van der Waals surface area contributed by atoms with Gasteiger partial charge in [-0.15, -0.1) is 0 Å². The minimum atomic E-state index is 0.588. The quantitative estimate of drug-likeness (QED) is 0.714. The Morgan fingerprint density at radius 3 is 2.38 bits per heavy atom. The molecule has 0 aliphatic carbocycles. The second kappa shape index (κ2) is 7.29. The van der Waals surface area contributed by atoms with E-state index in [1.165, 1.54) is 12.0 Å². The number of hydrogen-bond acceptors (Lipinski definition) is 2. The lowest BCUT2D eigenvalue weighted by molar-refractivity contribution is 0.306. The molecule has 2 nitrogen and oxygen atoms in total. The van der Waals surface area contributed by atoms with Crippen LogP contribution in [0.2, 0.25) is 0 Å². The lowest BCUT2D eigenvalue weighted by Crippen LogP contribution is -2.09. The summed E-state index contributed by atoms with van der Waals surface area (Å²) in [5.74, 6) is 1.57. The molecule has 1 N–H and O–H groups in total. The van der Waals surface area contributed by atoms with Gasteiger partial charge in [0.25, 0.3) is 0 Å². The highest BCUT2D eigenvalue weighted by Crippen LogP contribution is 2.18. The van der Waals surface area contributed by atoms with Gasteiger partial charge in [0.05, 0.1) is 6.61 Å². The zero-order valence-corrected chi connectivity index (χ0v) is 10.6. The largest absolute Gasteiger partial charge is 0.494 e. The van der Waals surface area contributed by atoms with E-state index < -0.39 is 0 Å². The molecule has 0 unspecified atom stereocenters. The van der Waals surface area contributed by atoms with Crippen molar-refractivity contribution in [2.75, 3.05) is 20.2 Å². The summed E-state index contributed by atoms with van der Waals surface area (Å²) < 4.78 is 5.66. The molecule has 0 amide bonds. The van der Waals surface area contributed by atoms with E-state index in [1.807, 2.05) is 7.05 Å². The van der Waals surface area contributed by atoms with E-state index in [4.69, 9.17) is 4.74 Å². The zero-order chi connectivity index (χ0) is 11.8. The highest BCUT2D eigenvalue weighted by molar-refractivity contribution is 5.28. The number of nitrogens with one attached hydrogen (secondary N) is 1. The Hall–Kier alpha value is -1.02. The van der Waals surface area contributed by atoms with Crippen molar-refractivity contribution in [1.82, 2.24) is 5.32 Å². The fourth-order valence-electron chi connectivity index (χ4n) is 1.54. The fraction of sp³-hybridized carbons (Fsp3) is 0.571. The van der Waals surface area contributed by atoms with Crippen molar-refractivity contribution in [2.45, 2.75) is 32.6 Å². The summed E-state index contributed by atoms with van der Waals surface area (Å²) in [6, 6.07) is 8.42. The first-order valence-electron chi connectivity index (χ1n) is 6.11. The Kier molecular flexibility index (Phi) is 5.94. The van der Waals surface area contributed by atoms with E-state index in [0.717, 1.165) is 25.3 Å². The third kappa shape index (κ3) is 4.67. The van der Waals surface area contributed by atoms with E-state index >= 15 is 0 Å². The minimum Gasteiger partial charge on any atom is -0.494 e. The van der Waals surface area contributed by atoms with Crippen molar-refractivity contribution in [2.24, 2.45) is 0 Å². The van der Waals surface area contributed by atoms with Crippen molar-refractivity contribution in [3.63, 3.8) is 0 Å². The topological polar surface area (TPSA) is 21.3 Å². The molecule has 0 aliphatic heterocycles. The summed E-state index contributed by atoms with van der Waals surface area (Å²) in [5.41, 5.74) is 1.36. The van der Waals surface area contributed by atoms with Gasteiger partial charge in [-0.1, -0.05) is 26.0 Å².